The SMILES string of the molecule is COC(=O)C1=C(C)N=c2sc(=Cc3ccc(OCC(=O)Nc4ccc5ccccc5c4)c(OC)c3)c(=O)n2C1c1ccc(OC)c(OC)c1. The summed E-state index contributed by atoms with van der Waals surface area (Å²) >= 11 is 1.19. The summed E-state index contributed by atoms with van der Waals surface area (Å²) in [6.07, 6.45) is 1.71. The number of methoxy groups -OCH3 is 4. The molecule has 0 saturated carbocycles. The number of carbonyl (C=O) groups is 2. The molecule has 1 aromatic heterocycles. The van der Waals surface area contributed by atoms with Crippen molar-refractivity contribution in [2.24, 2.45) is 4.99 Å². The lowest BCUT2D eigenvalue weighted by Crippen LogP contribution is -2.39. The predicted octanol–water partition coefficient (Wildman–Crippen LogP) is 4.60. The number of nitrogens with one attached hydrogen (secondary N) is 1. The maximum Gasteiger partial charge on any atom is 0.338 e. The van der Waals surface area contributed by atoms with Gasteiger partial charge in [0.05, 0.1) is 50.3 Å². The third-order valence-electron chi connectivity index (χ3n) is 8.03. The second kappa shape index (κ2) is 14.1. The topological polar surface area (TPSA) is 127 Å². The van der Waals surface area contributed by atoms with Crippen LogP contribution in [0.5, 0.6) is 23.0 Å². The number of anilines is 1. The summed E-state index contributed by atoms with van der Waals surface area (Å²) in [6.45, 7) is 1.47. The number of allylic oxidation sites excluding steroid dienone is 1. The number of benzene rings is 4. The van der Waals surface area contributed by atoms with Crippen molar-refractivity contribution in [3.8, 4) is 23.0 Å². The number of fused-ring (bicyclic) bond motifs is 2. The van der Waals surface area contributed by atoms with E-state index in [2.05, 4.69) is 10.3 Å². The Morgan fingerprint density at radius 2 is 1.57 bits per heavy atom. The first-order valence-corrected chi connectivity index (χ1v) is 16.0. The fourth-order valence-electron chi connectivity index (χ4n) is 5.68. The summed E-state index contributed by atoms with van der Waals surface area (Å²) in [6, 6.07) is 23.1. The number of aromatic nitrogens is 1. The molecule has 4 aromatic carbocycles. The molecule has 0 radical (unpaired) electrons. The van der Waals surface area contributed by atoms with Gasteiger partial charge in [-0.3, -0.25) is 14.2 Å². The molecule has 0 saturated heterocycles. The second-order valence-electron chi connectivity index (χ2n) is 11.0. The maximum atomic E-state index is 14.0. The number of thiazole rings is 1. The Morgan fingerprint density at radius 3 is 2.31 bits per heavy atom. The molecule has 0 aliphatic carbocycles. The maximum absolute atomic E-state index is 14.0. The molecule has 11 nitrogen and oxygen atoms in total. The summed E-state index contributed by atoms with van der Waals surface area (Å²) in [5.74, 6) is 0.774. The lowest BCUT2D eigenvalue weighted by molar-refractivity contribution is -0.136. The van der Waals surface area contributed by atoms with E-state index < -0.39 is 12.0 Å². The Labute approximate surface area is 285 Å². The van der Waals surface area contributed by atoms with E-state index in [-0.39, 0.29) is 23.6 Å². The summed E-state index contributed by atoms with van der Waals surface area (Å²) in [4.78, 5) is 44.8. The van der Waals surface area contributed by atoms with Crippen LogP contribution in [0.1, 0.15) is 24.1 Å². The summed E-state index contributed by atoms with van der Waals surface area (Å²) in [5, 5.41) is 4.95. The molecule has 12 heteroatoms. The zero-order valence-corrected chi connectivity index (χ0v) is 28.3. The van der Waals surface area contributed by atoms with Crippen LogP contribution >= 0.6 is 11.3 Å². The van der Waals surface area contributed by atoms with E-state index in [1.807, 2.05) is 42.5 Å². The van der Waals surface area contributed by atoms with Crippen molar-refractivity contribution in [2.75, 3.05) is 40.4 Å². The number of hydrogen-bond donors (Lipinski definition) is 1. The molecular weight excluding hydrogens is 646 g/mol. The standard InChI is InChI=1S/C37H33N3O8S/c1-21-33(36(43)47-5)34(25-12-15-27(44-2)30(19-25)46-4)40-35(42)31(49-37(40)38-21)17-22-10-14-28(29(16-22)45-3)48-20-32(41)39-26-13-11-23-8-6-7-9-24(23)18-26/h6-19,34H,20H2,1-5H3,(H,39,41). The first-order chi connectivity index (χ1) is 23.7. The number of amides is 1. The molecule has 0 bridgehead atoms. The number of rotatable bonds is 10. The molecule has 2 heterocycles. The van der Waals surface area contributed by atoms with Crippen LogP contribution in [0.25, 0.3) is 16.8 Å². The predicted molar refractivity (Wildman–Crippen MR) is 186 cm³/mol. The Kier molecular flexibility index (Phi) is 9.49. The Bertz CT molecular complexity index is 2310. The molecular formula is C37H33N3O8S. The van der Waals surface area contributed by atoms with Crippen LogP contribution < -0.4 is 39.2 Å². The Morgan fingerprint density at radius 1 is 0.857 bits per heavy atom. The van der Waals surface area contributed by atoms with Gasteiger partial charge < -0.3 is 29.0 Å². The first kappa shape index (κ1) is 33.0. The lowest BCUT2D eigenvalue weighted by atomic mass is 9.95. The molecule has 0 spiro atoms. The fourth-order valence-corrected chi connectivity index (χ4v) is 6.73. The first-order valence-electron chi connectivity index (χ1n) is 15.2. The van der Waals surface area contributed by atoms with Gasteiger partial charge in [-0.05, 0) is 71.3 Å². The van der Waals surface area contributed by atoms with Gasteiger partial charge in [0.15, 0.2) is 34.4 Å². The molecule has 0 fully saturated rings. The smallest absolute Gasteiger partial charge is 0.338 e. The average molecular weight is 680 g/mol. The summed E-state index contributed by atoms with van der Waals surface area (Å²) in [7, 11) is 5.83. The molecule has 6 rings (SSSR count). The van der Waals surface area contributed by atoms with Crippen LogP contribution in [-0.2, 0) is 14.3 Å². The van der Waals surface area contributed by atoms with Gasteiger partial charge >= 0.3 is 5.97 Å². The third kappa shape index (κ3) is 6.63. The van der Waals surface area contributed by atoms with Gasteiger partial charge in [-0.2, -0.15) is 0 Å². The van der Waals surface area contributed by atoms with Crippen LogP contribution in [0, 0.1) is 0 Å². The van der Waals surface area contributed by atoms with Crippen LogP contribution in [0.3, 0.4) is 0 Å². The van der Waals surface area contributed by atoms with Crippen molar-refractivity contribution in [3.63, 3.8) is 0 Å². The minimum absolute atomic E-state index is 0.237. The van der Waals surface area contributed by atoms with Crippen LogP contribution in [-0.4, -0.2) is 51.5 Å². The molecule has 49 heavy (non-hydrogen) atoms. The summed E-state index contributed by atoms with van der Waals surface area (Å²) in [5.41, 5.74) is 2.27. The normalized spacial score (nSPS) is 14.1. The quantitative estimate of drug-likeness (QED) is 0.212. The lowest BCUT2D eigenvalue weighted by Gasteiger charge is -2.25. The summed E-state index contributed by atoms with van der Waals surface area (Å²) < 4.78 is 29.2. The van der Waals surface area contributed by atoms with Crippen LogP contribution in [0.4, 0.5) is 5.69 Å². The molecule has 250 valence electrons. The molecule has 1 atom stereocenters. The third-order valence-corrected chi connectivity index (χ3v) is 9.01. The van der Waals surface area contributed by atoms with Crippen LogP contribution in [0.15, 0.2) is 99.9 Å². The van der Waals surface area contributed by atoms with Crippen molar-refractivity contribution in [3.05, 3.63) is 121 Å². The van der Waals surface area contributed by atoms with E-state index in [1.54, 1.807) is 49.4 Å². The Hall–Kier alpha value is -5.88. The number of hydrogen-bond acceptors (Lipinski definition) is 10. The largest absolute Gasteiger partial charge is 0.493 e. The zero-order valence-electron chi connectivity index (χ0n) is 27.4. The van der Waals surface area contributed by atoms with E-state index >= 15 is 0 Å². The van der Waals surface area contributed by atoms with Gasteiger partial charge in [0, 0.05) is 5.69 Å². The van der Waals surface area contributed by atoms with E-state index in [0.29, 0.717) is 54.8 Å². The van der Waals surface area contributed by atoms with E-state index in [9.17, 15) is 14.4 Å². The highest BCUT2D eigenvalue weighted by molar-refractivity contribution is 7.07. The monoisotopic (exact) mass is 679 g/mol. The molecule has 1 unspecified atom stereocenters. The zero-order chi connectivity index (χ0) is 34.7. The van der Waals surface area contributed by atoms with Crippen molar-refractivity contribution in [1.29, 1.82) is 0 Å². The molecule has 1 aliphatic heterocycles. The van der Waals surface area contributed by atoms with Crippen molar-refractivity contribution < 1.29 is 33.3 Å². The molecule has 1 amide bonds. The van der Waals surface area contributed by atoms with Gasteiger partial charge in [0.25, 0.3) is 11.5 Å². The average Bonchev–Trinajstić information content (AvgIpc) is 3.42. The molecule has 5 aromatic rings. The minimum Gasteiger partial charge on any atom is -0.493 e. The van der Waals surface area contributed by atoms with Gasteiger partial charge in [-0.1, -0.05) is 53.8 Å². The van der Waals surface area contributed by atoms with Crippen LogP contribution in [0.2, 0.25) is 0 Å². The highest BCUT2D eigenvalue weighted by Gasteiger charge is 2.33. The molecule has 1 aliphatic rings. The van der Waals surface area contributed by atoms with Gasteiger partial charge in [0.2, 0.25) is 0 Å². The van der Waals surface area contributed by atoms with Crippen molar-refractivity contribution >= 4 is 45.7 Å². The van der Waals surface area contributed by atoms with E-state index in [0.717, 1.165) is 10.8 Å². The van der Waals surface area contributed by atoms with Crippen molar-refractivity contribution in [2.45, 2.75) is 13.0 Å². The van der Waals surface area contributed by atoms with Gasteiger partial charge in [-0.25, -0.2) is 9.79 Å². The van der Waals surface area contributed by atoms with E-state index in [4.69, 9.17) is 23.7 Å². The highest BCUT2D eigenvalue weighted by atomic mass is 32.1. The fraction of sp³-hybridized carbons (Fsp3) is 0.189. The Balaban J connectivity index is 1.28. The number of nitrogens with zero attached hydrogens (tertiary/aromatic N) is 2. The van der Waals surface area contributed by atoms with Gasteiger partial charge in [0.1, 0.15) is 0 Å². The van der Waals surface area contributed by atoms with Crippen molar-refractivity contribution in [1.82, 2.24) is 4.57 Å². The number of ether oxygens (including phenoxy) is 5. The highest BCUT2D eigenvalue weighted by Crippen LogP contribution is 2.36. The number of carbonyl (C=O) groups excluding carboxylic acids is 2. The van der Waals surface area contributed by atoms with Gasteiger partial charge in [-0.15, -0.1) is 0 Å². The molecule has 1 N–H and O–H groups in total. The second-order valence-corrected chi connectivity index (χ2v) is 12.0. The number of esters is 1. The van der Waals surface area contributed by atoms with E-state index in [1.165, 1.54) is 44.3 Å². The minimum atomic E-state index is -0.822.